The molecule has 0 radical (unpaired) electrons. The third-order valence-corrected chi connectivity index (χ3v) is 4.64. The Morgan fingerprint density at radius 1 is 1.24 bits per heavy atom. The number of rotatable bonds is 5. The van der Waals surface area contributed by atoms with Crippen LogP contribution in [0.2, 0.25) is 0 Å². The Kier molecular flexibility index (Phi) is 4.80. The third-order valence-electron chi connectivity index (χ3n) is 3.82. The van der Waals surface area contributed by atoms with Gasteiger partial charge in [0, 0.05) is 11.0 Å². The van der Waals surface area contributed by atoms with Crippen LogP contribution in [0.5, 0.6) is 11.5 Å². The second kappa shape index (κ2) is 7.18. The van der Waals surface area contributed by atoms with E-state index in [1.54, 1.807) is 6.08 Å². The number of ether oxygens (including phenoxy) is 1. The SMILES string of the molecule is N#CC[NH+](CC#N)Cc1c(O)ccc2c1O/C(=C\c1cccs1)C2=O. The lowest BCUT2D eigenvalue weighted by Crippen LogP contribution is -3.10. The number of aromatic hydroxyl groups is 1. The Labute approximate surface area is 148 Å². The zero-order valence-electron chi connectivity index (χ0n) is 13.2. The van der Waals surface area contributed by atoms with Gasteiger partial charge >= 0.3 is 0 Å². The van der Waals surface area contributed by atoms with E-state index in [0.717, 1.165) is 4.88 Å². The van der Waals surface area contributed by atoms with Gasteiger partial charge < -0.3 is 14.7 Å². The molecule has 1 aliphatic rings. The molecule has 0 aliphatic carbocycles. The van der Waals surface area contributed by atoms with E-state index in [2.05, 4.69) is 0 Å². The highest BCUT2D eigenvalue weighted by Crippen LogP contribution is 2.39. The first-order valence-electron chi connectivity index (χ1n) is 7.54. The summed E-state index contributed by atoms with van der Waals surface area (Å²) in [7, 11) is 0. The zero-order chi connectivity index (χ0) is 17.8. The predicted octanol–water partition coefficient (Wildman–Crippen LogP) is 1.50. The number of phenolic OH excluding ortho intramolecular Hbond substituents is 1. The minimum atomic E-state index is -0.244. The van der Waals surface area contributed by atoms with E-state index in [9.17, 15) is 9.90 Å². The van der Waals surface area contributed by atoms with Crippen LogP contribution in [0.4, 0.5) is 0 Å². The second-order valence-corrected chi connectivity index (χ2v) is 6.47. The lowest BCUT2D eigenvalue weighted by atomic mass is 10.0. The number of nitrogens with zero attached hydrogens (tertiary/aromatic N) is 2. The largest absolute Gasteiger partial charge is 0.507 e. The van der Waals surface area contributed by atoms with Gasteiger partial charge in [-0.05, 0) is 23.6 Å². The molecule has 0 atom stereocenters. The highest BCUT2D eigenvalue weighted by Gasteiger charge is 2.32. The summed E-state index contributed by atoms with van der Waals surface area (Å²) in [6, 6.07) is 10.8. The number of phenols is 1. The van der Waals surface area contributed by atoms with Crippen molar-refractivity contribution < 1.29 is 19.5 Å². The first-order chi connectivity index (χ1) is 12.1. The molecule has 1 aromatic carbocycles. The Balaban J connectivity index is 1.96. The second-order valence-electron chi connectivity index (χ2n) is 5.49. The van der Waals surface area contributed by atoms with Crippen molar-refractivity contribution in [3.05, 3.63) is 51.4 Å². The summed E-state index contributed by atoms with van der Waals surface area (Å²) in [5, 5.41) is 29.9. The minimum Gasteiger partial charge on any atom is -0.507 e. The molecule has 2 heterocycles. The van der Waals surface area contributed by atoms with Gasteiger partial charge in [-0.2, -0.15) is 10.5 Å². The molecule has 0 saturated heterocycles. The Hall–Kier alpha value is -3.13. The number of thiophene rings is 1. The van der Waals surface area contributed by atoms with Gasteiger partial charge in [0.2, 0.25) is 5.78 Å². The molecule has 3 rings (SSSR count). The molecular weight excluding hydrogens is 338 g/mol. The molecule has 0 spiro atoms. The first-order valence-corrected chi connectivity index (χ1v) is 8.42. The first kappa shape index (κ1) is 16.7. The maximum Gasteiger partial charge on any atom is 0.232 e. The van der Waals surface area contributed by atoms with Crippen molar-refractivity contribution in [1.29, 1.82) is 10.5 Å². The predicted molar refractivity (Wildman–Crippen MR) is 91.0 cm³/mol. The molecule has 1 aromatic heterocycles. The van der Waals surface area contributed by atoms with Crippen molar-refractivity contribution in [1.82, 2.24) is 0 Å². The molecule has 6 nitrogen and oxygen atoms in total. The Morgan fingerprint density at radius 3 is 2.64 bits per heavy atom. The smallest absolute Gasteiger partial charge is 0.232 e. The van der Waals surface area contributed by atoms with Gasteiger partial charge in [0.05, 0.1) is 11.1 Å². The van der Waals surface area contributed by atoms with Crippen molar-refractivity contribution in [3.8, 4) is 23.6 Å². The van der Waals surface area contributed by atoms with E-state index >= 15 is 0 Å². The number of carbonyl (C=O) groups excluding carboxylic acids is 1. The van der Waals surface area contributed by atoms with Crippen LogP contribution in [-0.2, 0) is 6.54 Å². The van der Waals surface area contributed by atoms with Gasteiger partial charge in [0.25, 0.3) is 0 Å². The summed E-state index contributed by atoms with van der Waals surface area (Å²) in [5.41, 5.74) is 0.810. The van der Waals surface area contributed by atoms with Gasteiger partial charge in [-0.3, -0.25) is 4.79 Å². The molecule has 0 unspecified atom stereocenters. The number of allylic oxidation sites excluding steroid dienone is 1. The van der Waals surface area contributed by atoms with Gasteiger partial charge in [-0.15, -0.1) is 11.3 Å². The molecule has 0 bridgehead atoms. The maximum atomic E-state index is 12.5. The average Bonchev–Trinajstić information content (AvgIpc) is 3.20. The van der Waals surface area contributed by atoms with E-state index in [-0.39, 0.29) is 36.9 Å². The third kappa shape index (κ3) is 3.38. The van der Waals surface area contributed by atoms with E-state index < -0.39 is 0 Å². The fraction of sp³-hybridized carbons (Fsp3) is 0.167. The number of ketones is 1. The molecule has 0 saturated carbocycles. The lowest BCUT2D eigenvalue weighted by molar-refractivity contribution is -0.899. The summed E-state index contributed by atoms with van der Waals surface area (Å²) < 4.78 is 5.74. The molecule has 1 aliphatic heterocycles. The molecular formula is C18H14N3O3S+. The van der Waals surface area contributed by atoms with E-state index in [1.807, 2.05) is 29.7 Å². The van der Waals surface area contributed by atoms with Crippen LogP contribution in [0, 0.1) is 22.7 Å². The number of quaternary nitrogens is 1. The van der Waals surface area contributed by atoms with Crippen molar-refractivity contribution in [2.24, 2.45) is 0 Å². The topological polar surface area (TPSA) is 98.6 Å². The quantitative estimate of drug-likeness (QED) is 0.628. The zero-order valence-corrected chi connectivity index (χ0v) is 14.0. The monoisotopic (exact) mass is 352 g/mol. The molecule has 7 heteroatoms. The number of Topliss-reactive ketones (excluding diaryl/α,β-unsaturated/α-hetero) is 1. The lowest BCUT2D eigenvalue weighted by Gasteiger charge is -2.15. The van der Waals surface area contributed by atoms with E-state index in [4.69, 9.17) is 15.3 Å². The Bertz CT molecular complexity index is 904. The van der Waals surface area contributed by atoms with Gasteiger partial charge in [0.15, 0.2) is 24.6 Å². The number of hydrogen-bond donors (Lipinski definition) is 2. The fourth-order valence-electron chi connectivity index (χ4n) is 2.63. The van der Waals surface area contributed by atoms with Crippen LogP contribution >= 0.6 is 11.3 Å². The molecule has 0 fully saturated rings. The van der Waals surface area contributed by atoms with Crippen LogP contribution < -0.4 is 9.64 Å². The standard InChI is InChI=1S/C18H13N3O3S/c19-5-7-21(8-6-20)11-14-15(22)4-3-13-17(23)16(24-18(13)14)10-12-2-1-9-25-12/h1-4,9-10,22H,7-8,11H2/p+1/b16-10-. The molecule has 2 N–H and O–H groups in total. The number of benzene rings is 1. The van der Waals surface area contributed by atoms with Gasteiger partial charge in [-0.25, -0.2) is 0 Å². The van der Waals surface area contributed by atoms with E-state index in [1.165, 1.54) is 23.5 Å². The maximum absolute atomic E-state index is 12.5. The number of fused-ring (bicyclic) bond motifs is 1. The van der Waals surface area contributed by atoms with Crippen LogP contribution in [-0.4, -0.2) is 24.0 Å². The van der Waals surface area contributed by atoms with Crippen LogP contribution in [0.1, 0.15) is 20.8 Å². The molecule has 25 heavy (non-hydrogen) atoms. The normalized spacial score (nSPS) is 14.2. The minimum absolute atomic E-state index is 0.0164. The van der Waals surface area contributed by atoms with Crippen molar-refractivity contribution >= 4 is 23.2 Å². The highest BCUT2D eigenvalue weighted by atomic mass is 32.1. The Morgan fingerprint density at radius 2 is 2.00 bits per heavy atom. The van der Waals surface area contributed by atoms with Crippen LogP contribution in [0.3, 0.4) is 0 Å². The molecule has 2 aromatic rings. The average molecular weight is 352 g/mol. The number of hydrogen-bond acceptors (Lipinski definition) is 6. The summed E-state index contributed by atoms with van der Waals surface area (Å²) in [5.74, 6) is 0.247. The van der Waals surface area contributed by atoms with Crippen molar-refractivity contribution in [2.45, 2.75) is 6.54 Å². The number of nitriles is 2. The number of nitrogens with one attached hydrogen (secondary N) is 1. The fourth-order valence-corrected chi connectivity index (χ4v) is 3.28. The van der Waals surface area contributed by atoms with Crippen LogP contribution in [0.15, 0.2) is 35.4 Å². The van der Waals surface area contributed by atoms with Gasteiger partial charge in [0.1, 0.15) is 24.4 Å². The van der Waals surface area contributed by atoms with Crippen molar-refractivity contribution in [3.63, 3.8) is 0 Å². The summed E-state index contributed by atoms with van der Waals surface area (Å²) in [6.45, 7) is 0.445. The summed E-state index contributed by atoms with van der Waals surface area (Å²) in [4.78, 5) is 14.1. The van der Waals surface area contributed by atoms with E-state index in [0.29, 0.717) is 21.8 Å². The van der Waals surface area contributed by atoms with Crippen LogP contribution in [0.25, 0.3) is 6.08 Å². The van der Waals surface area contributed by atoms with Gasteiger partial charge in [-0.1, -0.05) is 6.07 Å². The molecule has 0 amide bonds. The molecule has 124 valence electrons. The summed E-state index contributed by atoms with van der Waals surface area (Å²) >= 11 is 1.49. The summed E-state index contributed by atoms with van der Waals surface area (Å²) in [6.07, 6.45) is 1.67. The highest BCUT2D eigenvalue weighted by molar-refractivity contribution is 7.10. The number of carbonyl (C=O) groups is 1. The van der Waals surface area contributed by atoms with Crippen molar-refractivity contribution in [2.75, 3.05) is 13.1 Å².